The van der Waals surface area contributed by atoms with Crippen molar-refractivity contribution in [3.8, 4) is 5.75 Å². The molecule has 1 N–H and O–H groups in total. The van der Waals surface area contributed by atoms with Gasteiger partial charge in [-0.15, -0.1) is 0 Å². The van der Waals surface area contributed by atoms with Gasteiger partial charge in [0.15, 0.2) is 0 Å². The summed E-state index contributed by atoms with van der Waals surface area (Å²) in [4.78, 5) is 14.9. The van der Waals surface area contributed by atoms with E-state index in [4.69, 9.17) is 4.74 Å². The summed E-state index contributed by atoms with van der Waals surface area (Å²) in [7, 11) is 0. The van der Waals surface area contributed by atoms with Crippen LogP contribution in [-0.2, 0) is 13.0 Å². The van der Waals surface area contributed by atoms with E-state index in [0.717, 1.165) is 29.7 Å². The fourth-order valence-corrected chi connectivity index (χ4v) is 2.86. The molecule has 0 aliphatic carbocycles. The summed E-state index contributed by atoms with van der Waals surface area (Å²) < 4.78 is 7.59. The molecule has 0 saturated carbocycles. The van der Waals surface area contributed by atoms with Crippen molar-refractivity contribution in [2.24, 2.45) is 0 Å². The zero-order valence-corrected chi connectivity index (χ0v) is 14.5. The van der Waals surface area contributed by atoms with Crippen LogP contribution < -0.4 is 4.74 Å². The zero-order valence-electron chi connectivity index (χ0n) is 14.5. The molecule has 1 heterocycles. The molecular formula is C19H21N3O4. The Morgan fingerprint density at radius 1 is 1.23 bits per heavy atom. The maximum absolute atomic E-state index is 10.7. The van der Waals surface area contributed by atoms with Crippen LogP contribution >= 0.6 is 0 Å². The number of nitro benzene ring substituents is 1. The van der Waals surface area contributed by atoms with Gasteiger partial charge in [0, 0.05) is 18.6 Å². The fraction of sp³-hybridized carbons (Fsp3) is 0.316. The van der Waals surface area contributed by atoms with Gasteiger partial charge in [0.2, 0.25) is 0 Å². The van der Waals surface area contributed by atoms with E-state index in [-0.39, 0.29) is 12.3 Å². The molecule has 7 nitrogen and oxygen atoms in total. The lowest BCUT2D eigenvalue weighted by molar-refractivity contribution is -0.384. The van der Waals surface area contributed by atoms with Gasteiger partial charge in [-0.25, -0.2) is 4.98 Å². The van der Waals surface area contributed by atoms with Crippen LogP contribution in [0, 0.1) is 10.1 Å². The molecule has 0 saturated heterocycles. The van der Waals surface area contributed by atoms with E-state index in [9.17, 15) is 15.2 Å². The SMILES string of the molecule is CCCc1nc2ccccc2n1C[C@H](O)COc1ccc([N+](=O)[O-])cc1. The lowest BCUT2D eigenvalue weighted by Crippen LogP contribution is -2.24. The predicted octanol–water partition coefficient (Wildman–Crippen LogP) is 3.34. The van der Waals surface area contributed by atoms with Crippen LogP contribution in [0.3, 0.4) is 0 Å². The third kappa shape index (κ3) is 4.00. The van der Waals surface area contributed by atoms with Gasteiger partial charge in [-0.1, -0.05) is 19.1 Å². The summed E-state index contributed by atoms with van der Waals surface area (Å²) in [6.07, 6.45) is 1.09. The van der Waals surface area contributed by atoms with Crippen LogP contribution in [0.25, 0.3) is 11.0 Å². The first-order valence-corrected chi connectivity index (χ1v) is 8.58. The van der Waals surface area contributed by atoms with Crippen LogP contribution in [0.2, 0.25) is 0 Å². The molecule has 26 heavy (non-hydrogen) atoms. The molecule has 7 heteroatoms. The molecule has 136 valence electrons. The Kier molecular flexibility index (Phi) is 5.48. The minimum Gasteiger partial charge on any atom is -0.491 e. The first-order chi connectivity index (χ1) is 12.6. The molecule has 3 rings (SSSR count). The van der Waals surface area contributed by atoms with Crippen molar-refractivity contribution in [1.82, 2.24) is 9.55 Å². The van der Waals surface area contributed by atoms with Gasteiger partial charge in [-0.3, -0.25) is 10.1 Å². The van der Waals surface area contributed by atoms with Crippen molar-refractivity contribution in [2.75, 3.05) is 6.61 Å². The van der Waals surface area contributed by atoms with Crippen molar-refractivity contribution in [3.63, 3.8) is 0 Å². The molecule has 0 unspecified atom stereocenters. The van der Waals surface area contributed by atoms with Crippen molar-refractivity contribution in [2.45, 2.75) is 32.4 Å². The second kappa shape index (κ2) is 7.97. The summed E-state index contributed by atoms with van der Waals surface area (Å²) in [5.74, 6) is 1.43. The van der Waals surface area contributed by atoms with E-state index in [0.29, 0.717) is 12.3 Å². The topological polar surface area (TPSA) is 90.4 Å². The van der Waals surface area contributed by atoms with Crippen molar-refractivity contribution < 1.29 is 14.8 Å². The molecule has 0 bridgehead atoms. The highest BCUT2D eigenvalue weighted by molar-refractivity contribution is 5.75. The van der Waals surface area contributed by atoms with Crippen molar-refractivity contribution in [1.29, 1.82) is 0 Å². The Balaban J connectivity index is 1.68. The molecule has 0 fully saturated rings. The predicted molar refractivity (Wildman–Crippen MR) is 98.3 cm³/mol. The number of benzene rings is 2. The lowest BCUT2D eigenvalue weighted by Gasteiger charge is -2.15. The first kappa shape index (κ1) is 17.9. The average Bonchev–Trinajstić information content (AvgIpc) is 2.98. The van der Waals surface area contributed by atoms with E-state index in [1.165, 1.54) is 24.3 Å². The number of rotatable bonds is 8. The summed E-state index contributed by atoms with van der Waals surface area (Å²) in [5, 5.41) is 21.1. The number of aryl methyl sites for hydroxylation is 1. The highest BCUT2D eigenvalue weighted by Crippen LogP contribution is 2.19. The minimum absolute atomic E-state index is 0.00647. The van der Waals surface area contributed by atoms with Gasteiger partial charge < -0.3 is 14.4 Å². The number of hydrogen-bond acceptors (Lipinski definition) is 5. The molecule has 3 aromatic rings. The van der Waals surface area contributed by atoms with Crippen molar-refractivity contribution >= 4 is 16.7 Å². The van der Waals surface area contributed by atoms with E-state index < -0.39 is 11.0 Å². The number of nitro groups is 1. The number of ether oxygens (including phenoxy) is 1. The second-order valence-electron chi connectivity index (χ2n) is 6.09. The van der Waals surface area contributed by atoms with Gasteiger partial charge in [0.05, 0.1) is 22.5 Å². The maximum Gasteiger partial charge on any atom is 0.269 e. The highest BCUT2D eigenvalue weighted by atomic mass is 16.6. The monoisotopic (exact) mass is 355 g/mol. The molecule has 0 aliphatic rings. The number of aliphatic hydroxyl groups excluding tert-OH is 1. The molecule has 1 atom stereocenters. The second-order valence-corrected chi connectivity index (χ2v) is 6.09. The van der Waals surface area contributed by atoms with Gasteiger partial charge in [-0.05, 0) is 30.7 Å². The van der Waals surface area contributed by atoms with Gasteiger partial charge in [-0.2, -0.15) is 0 Å². The summed E-state index contributed by atoms with van der Waals surface area (Å²) >= 11 is 0. The molecule has 2 aromatic carbocycles. The third-order valence-corrected chi connectivity index (χ3v) is 4.09. The van der Waals surface area contributed by atoms with Crippen LogP contribution in [0.4, 0.5) is 5.69 Å². The normalized spacial score (nSPS) is 12.2. The molecule has 0 amide bonds. The van der Waals surface area contributed by atoms with Gasteiger partial charge >= 0.3 is 0 Å². The quantitative estimate of drug-likeness (QED) is 0.494. The van der Waals surface area contributed by atoms with Gasteiger partial charge in [0.1, 0.15) is 24.3 Å². The summed E-state index contributed by atoms with van der Waals surface area (Å²) in [6, 6.07) is 13.7. The first-order valence-electron chi connectivity index (χ1n) is 8.58. The fourth-order valence-electron chi connectivity index (χ4n) is 2.86. The summed E-state index contributed by atoms with van der Waals surface area (Å²) in [5.41, 5.74) is 1.91. The van der Waals surface area contributed by atoms with Crippen LogP contribution in [0.15, 0.2) is 48.5 Å². The number of aromatic nitrogens is 2. The number of non-ortho nitro benzene ring substituents is 1. The van der Waals surface area contributed by atoms with E-state index in [1.807, 2.05) is 28.8 Å². The third-order valence-electron chi connectivity index (χ3n) is 4.09. The highest BCUT2D eigenvalue weighted by Gasteiger charge is 2.14. The van der Waals surface area contributed by atoms with Crippen LogP contribution in [0.1, 0.15) is 19.2 Å². The Morgan fingerprint density at radius 2 is 1.96 bits per heavy atom. The molecule has 0 radical (unpaired) electrons. The van der Waals surface area contributed by atoms with Gasteiger partial charge in [0.25, 0.3) is 5.69 Å². The Morgan fingerprint density at radius 3 is 2.65 bits per heavy atom. The largest absolute Gasteiger partial charge is 0.491 e. The lowest BCUT2D eigenvalue weighted by atomic mass is 10.3. The number of hydrogen-bond donors (Lipinski definition) is 1. The number of nitrogens with zero attached hydrogens (tertiary/aromatic N) is 3. The Hall–Kier alpha value is -2.93. The van der Waals surface area contributed by atoms with E-state index >= 15 is 0 Å². The van der Waals surface area contributed by atoms with E-state index in [1.54, 1.807) is 0 Å². The Bertz CT molecular complexity index is 889. The van der Waals surface area contributed by atoms with Crippen molar-refractivity contribution in [3.05, 3.63) is 64.5 Å². The number of imidazole rings is 1. The standard InChI is InChI=1S/C19H21N3O4/c1-2-5-19-20-17-6-3-4-7-18(17)21(19)12-15(23)13-26-16-10-8-14(9-11-16)22(24)25/h3-4,6-11,15,23H,2,5,12-13H2,1H3/t15-/m0/s1. The molecule has 0 aliphatic heterocycles. The zero-order chi connectivity index (χ0) is 18.5. The number of aliphatic hydroxyl groups is 1. The minimum atomic E-state index is -0.724. The molecule has 0 spiro atoms. The molecule has 1 aromatic heterocycles. The van der Waals surface area contributed by atoms with Crippen LogP contribution in [-0.4, -0.2) is 32.3 Å². The van der Waals surface area contributed by atoms with Crippen LogP contribution in [0.5, 0.6) is 5.75 Å². The number of para-hydroxylation sites is 2. The maximum atomic E-state index is 10.7. The smallest absolute Gasteiger partial charge is 0.269 e. The Labute approximate surface area is 151 Å². The number of fused-ring (bicyclic) bond motifs is 1. The average molecular weight is 355 g/mol. The molecular weight excluding hydrogens is 334 g/mol. The van der Waals surface area contributed by atoms with E-state index in [2.05, 4.69) is 11.9 Å². The summed E-state index contributed by atoms with van der Waals surface area (Å²) in [6.45, 7) is 2.57.